The molecule has 1 unspecified atom stereocenters. The monoisotopic (exact) mass is 185 g/mol. The first kappa shape index (κ1) is 11.7. The van der Waals surface area contributed by atoms with E-state index in [-0.39, 0.29) is 12.5 Å². The van der Waals surface area contributed by atoms with Gasteiger partial charge in [-0.3, -0.25) is 0 Å². The molecular formula is C7H14F3NO. The maximum Gasteiger partial charge on any atom is 0.406 e. The van der Waals surface area contributed by atoms with E-state index < -0.39 is 18.8 Å². The number of nitrogens with one attached hydrogen (secondary N) is 1. The summed E-state index contributed by atoms with van der Waals surface area (Å²) in [5.74, 6) is 0.140. The molecule has 74 valence electrons. The maximum atomic E-state index is 11.9. The fourth-order valence-electron chi connectivity index (χ4n) is 0.662. The van der Waals surface area contributed by atoms with Gasteiger partial charge in [0, 0.05) is 0 Å². The van der Waals surface area contributed by atoms with Crippen molar-refractivity contribution in [1.29, 1.82) is 0 Å². The SMILES string of the molecule is CC(C)CNC(CO)C(F)(F)F. The third kappa shape index (κ3) is 4.56. The Balaban J connectivity index is 3.84. The lowest BCUT2D eigenvalue weighted by Gasteiger charge is -2.20. The average molecular weight is 185 g/mol. The number of halogens is 3. The van der Waals surface area contributed by atoms with Crippen LogP contribution in [-0.4, -0.2) is 30.5 Å². The third-order valence-electron chi connectivity index (χ3n) is 1.35. The zero-order valence-electron chi connectivity index (χ0n) is 7.15. The van der Waals surface area contributed by atoms with Crippen LogP contribution in [-0.2, 0) is 0 Å². The zero-order valence-corrected chi connectivity index (χ0v) is 7.15. The van der Waals surface area contributed by atoms with Crippen LogP contribution in [0.1, 0.15) is 13.8 Å². The number of hydrogen-bond acceptors (Lipinski definition) is 2. The second kappa shape index (κ2) is 4.67. The van der Waals surface area contributed by atoms with Crippen molar-refractivity contribution in [2.45, 2.75) is 26.1 Å². The molecule has 0 aromatic carbocycles. The van der Waals surface area contributed by atoms with Gasteiger partial charge in [0.15, 0.2) is 0 Å². The molecule has 5 heteroatoms. The predicted molar refractivity (Wildman–Crippen MR) is 39.8 cm³/mol. The van der Waals surface area contributed by atoms with E-state index in [9.17, 15) is 13.2 Å². The number of alkyl halides is 3. The molecule has 0 radical (unpaired) electrons. The summed E-state index contributed by atoms with van der Waals surface area (Å²) in [4.78, 5) is 0. The highest BCUT2D eigenvalue weighted by atomic mass is 19.4. The lowest BCUT2D eigenvalue weighted by molar-refractivity contribution is -0.164. The van der Waals surface area contributed by atoms with Crippen molar-refractivity contribution >= 4 is 0 Å². The molecule has 0 saturated carbocycles. The molecule has 0 aromatic heterocycles. The Morgan fingerprint density at radius 1 is 1.33 bits per heavy atom. The van der Waals surface area contributed by atoms with Crippen molar-refractivity contribution in [2.24, 2.45) is 5.92 Å². The van der Waals surface area contributed by atoms with Gasteiger partial charge in [-0.15, -0.1) is 0 Å². The minimum atomic E-state index is -4.36. The number of rotatable bonds is 4. The van der Waals surface area contributed by atoms with Crippen LogP contribution in [0.25, 0.3) is 0 Å². The van der Waals surface area contributed by atoms with E-state index in [4.69, 9.17) is 5.11 Å². The van der Waals surface area contributed by atoms with Crippen LogP contribution in [0.5, 0.6) is 0 Å². The van der Waals surface area contributed by atoms with E-state index in [1.54, 1.807) is 13.8 Å². The summed E-state index contributed by atoms with van der Waals surface area (Å²) < 4.78 is 35.8. The molecule has 0 heterocycles. The van der Waals surface area contributed by atoms with Gasteiger partial charge >= 0.3 is 6.18 Å². The van der Waals surface area contributed by atoms with E-state index in [0.717, 1.165) is 0 Å². The summed E-state index contributed by atoms with van der Waals surface area (Å²) in [5, 5.41) is 10.6. The van der Waals surface area contributed by atoms with Gasteiger partial charge in [0.2, 0.25) is 0 Å². The molecule has 0 aliphatic heterocycles. The Labute approximate surface area is 69.8 Å². The highest BCUT2D eigenvalue weighted by molar-refractivity contribution is 4.74. The van der Waals surface area contributed by atoms with Crippen LogP contribution < -0.4 is 5.32 Å². The van der Waals surface area contributed by atoms with Gasteiger partial charge in [-0.1, -0.05) is 13.8 Å². The first-order chi connectivity index (χ1) is 5.38. The summed E-state index contributed by atoms with van der Waals surface area (Å²) in [6.45, 7) is 2.95. The fraction of sp³-hybridized carbons (Fsp3) is 1.00. The van der Waals surface area contributed by atoms with Gasteiger partial charge in [-0.2, -0.15) is 13.2 Å². The minimum absolute atomic E-state index is 0.140. The van der Waals surface area contributed by atoms with Crippen LogP contribution in [0.2, 0.25) is 0 Å². The molecule has 0 aliphatic carbocycles. The summed E-state index contributed by atoms with van der Waals surface area (Å²) in [5.41, 5.74) is 0. The molecule has 0 fully saturated rings. The van der Waals surface area contributed by atoms with Gasteiger partial charge in [0.25, 0.3) is 0 Å². The highest BCUT2D eigenvalue weighted by Crippen LogP contribution is 2.19. The molecule has 0 saturated heterocycles. The van der Waals surface area contributed by atoms with Gasteiger partial charge in [0.1, 0.15) is 6.04 Å². The van der Waals surface area contributed by atoms with Gasteiger partial charge in [-0.25, -0.2) is 0 Å². The molecule has 12 heavy (non-hydrogen) atoms. The second-order valence-electron chi connectivity index (χ2n) is 3.08. The highest BCUT2D eigenvalue weighted by Gasteiger charge is 2.38. The summed E-state index contributed by atoms with van der Waals surface area (Å²) in [6, 6.07) is -1.79. The van der Waals surface area contributed by atoms with Crippen molar-refractivity contribution in [3.8, 4) is 0 Å². The largest absolute Gasteiger partial charge is 0.406 e. The first-order valence-corrected chi connectivity index (χ1v) is 3.79. The number of hydrogen-bond donors (Lipinski definition) is 2. The van der Waals surface area contributed by atoms with Crippen LogP contribution in [0.3, 0.4) is 0 Å². The second-order valence-corrected chi connectivity index (χ2v) is 3.08. The standard InChI is InChI=1S/C7H14F3NO/c1-5(2)3-11-6(4-12)7(8,9)10/h5-6,11-12H,3-4H2,1-2H3. The Hall–Kier alpha value is -0.290. The molecular weight excluding hydrogens is 171 g/mol. The molecule has 1 atom stereocenters. The van der Waals surface area contributed by atoms with E-state index in [1.165, 1.54) is 0 Å². The summed E-state index contributed by atoms with van der Waals surface area (Å²) in [7, 11) is 0. The average Bonchev–Trinajstić information content (AvgIpc) is 1.85. The third-order valence-corrected chi connectivity index (χ3v) is 1.35. The van der Waals surface area contributed by atoms with Crippen molar-refractivity contribution in [2.75, 3.05) is 13.2 Å². The fourth-order valence-corrected chi connectivity index (χ4v) is 0.662. The smallest absolute Gasteiger partial charge is 0.394 e. The summed E-state index contributed by atoms with van der Waals surface area (Å²) >= 11 is 0. The molecule has 2 nitrogen and oxygen atoms in total. The van der Waals surface area contributed by atoms with E-state index in [1.807, 2.05) is 0 Å². The molecule has 0 aliphatic rings. The number of aliphatic hydroxyl groups excluding tert-OH is 1. The molecule has 0 aromatic rings. The van der Waals surface area contributed by atoms with Crippen LogP contribution in [0.4, 0.5) is 13.2 Å². The summed E-state index contributed by atoms with van der Waals surface area (Å²) in [6.07, 6.45) is -4.36. The Kier molecular flexibility index (Phi) is 4.55. The van der Waals surface area contributed by atoms with E-state index in [2.05, 4.69) is 5.32 Å². The van der Waals surface area contributed by atoms with E-state index in [0.29, 0.717) is 0 Å². The van der Waals surface area contributed by atoms with E-state index >= 15 is 0 Å². The quantitative estimate of drug-likeness (QED) is 0.688. The minimum Gasteiger partial charge on any atom is -0.394 e. The number of aliphatic hydroxyl groups is 1. The zero-order chi connectivity index (χ0) is 9.78. The molecule has 0 spiro atoms. The van der Waals surface area contributed by atoms with Gasteiger partial charge < -0.3 is 10.4 Å². The van der Waals surface area contributed by atoms with Crippen molar-refractivity contribution in [3.05, 3.63) is 0 Å². The Morgan fingerprint density at radius 2 is 1.83 bits per heavy atom. The van der Waals surface area contributed by atoms with Crippen LogP contribution in [0.15, 0.2) is 0 Å². The first-order valence-electron chi connectivity index (χ1n) is 3.79. The predicted octanol–water partition coefficient (Wildman–Crippen LogP) is 1.16. The van der Waals surface area contributed by atoms with Crippen LogP contribution in [0, 0.1) is 5.92 Å². The van der Waals surface area contributed by atoms with Crippen molar-refractivity contribution in [3.63, 3.8) is 0 Å². The van der Waals surface area contributed by atoms with Crippen LogP contribution >= 0.6 is 0 Å². The Morgan fingerprint density at radius 3 is 2.08 bits per heavy atom. The lowest BCUT2D eigenvalue weighted by atomic mass is 10.2. The maximum absolute atomic E-state index is 11.9. The Bertz CT molecular complexity index is 124. The normalized spacial score (nSPS) is 15.2. The van der Waals surface area contributed by atoms with Gasteiger partial charge in [-0.05, 0) is 12.5 Å². The van der Waals surface area contributed by atoms with Crippen molar-refractivity contribution < 1.29 is 18.3 Å². The van der Waals surface area contributed by atoms with Gasteiger partial charge in [0.05, 0.1) is 6.61 Å². The molecule has 0 amide bonds. The lowest BCUT2D eigenvalue weighted by Crippen LogP contribution is -2.46. The topological polar surface area (TPSA) is 32.3 Å². The molecule has 2 N–H and O–H groups in total. The molecule has 0 rings (SSSR count). The molecule has 0 bridgehead atoms. The van der Waals surface area contributed by atoms with Crippen molar-refractivity contribution in [1.82, 2.24) is 5.32 Å².